The van der Waals surface area contributed by atoms with Gasteiger partial charge in [-0.2, -0.15) is 5.26 Å². The predicted octanol–water partition coefficient (Wildman–Crippen LogP) is 2.12. The van der Waals surface area contributed by atoms with Crippen LogP contribution in [0, 0.1) is 24.1 Å². The molecular formula is C23H23FN4O3. The summed E-state index contributed by atoms with van der Waals surface area (Å²) in [6.45, 7) is 3.25. The molecule has 5 rings (SSSR count). The van der Waals surface area contributed by atoms with Crippen LogP contribution in [-0.2, 0) is 13.0 Å². The van der Waals surface area contributed by atoms with Crippen LogP contribution in [0.5, 0.6) is 5.75 Å². The fourth-order valence-electron chi connectivity index (χ4n) is 4.79. The SMILES string of the molecule is Cc1ccnc2c1c(F)cn2[C@@H]1C[C@H](Oc2cc(C#N)cc3c2CNCC3)[C@@H](O)[C@H]1O. The molecule has 1 aliphatic carbocycles. The first-order valence-electron chi connectivity index (χ1n) is 10.4. The van der Waals surface area contributed by atoms with Crippen LogP contribution in [0.15, 0.2) is 30.6 Å². The van der Waals surface area contributed by atoms with Gasteiger partial charge in [-0.25, -0.2) is 9.37 Å². The molecule has 0 bridgehead atoms. The van der Waals surface area contributed by atoms with Crippen molar-refractivity contribution >= 4 is 11.0 Å². The Hall–Kier alpha value is -2.99. The van der Waals surface area contributed by atoms with Crippen LogP contribution < -0.4 is 10.1 Å². The first-order chi connectivity index (χ1) is 15.0. The molecule has 2 aromatic heterocycles. The number of nitriles is 1. The van der Waals surface area contributed by atoms with Crippen LogP contribution >= 0.6 is 0 Å². The zero-order chi connectivity index (χ0) is 21.7. The van der Waals surface area contributed by atoms with Gasteiger partial charge >= 0.3 is 0 Å². The highest BCUT2D eigenvalue weighted by Crippen LogP contribution is 2.38. The van der Waals surface area contributed by atoms with E-state index in [1.807, 2.05) is 13.0 Å². The number of benzene rings is 1. The van der Waals surface area contributed by atoms with Crippen LogP contribution in [0.4, 0.5) is 4.39 Å². The molecule has 2 aliphatic rings. The zero-order valence-electron chi connectivity index (χ0n) is 17.0. The van der Waals surface area contributed by atoms with Crippen LogP contribution in [0.1, 0.15) is 34.7 Å². The third kappa shape index (κ3) is 3.26. The monoisotopic (exact) mass is 422 g/mol. The normalized spacial score (nSPS) is 25.4. The van der Waals surface area contributed by atoms with Crippen molar-refractivity contribution in [3.05, 3.63) is 58.7 Å². The number of aromatic nitrogens is 2. The van der Waals surface area contributed by atoms with Gasteiger partial charge in [-0.1, -0.05) is 0 Å². The molecular weight excluding hydrogens is 399 g/mol. The van der Waals surface area contributed by atoms with Gasteiger partial charge in [-0.05, 0) is 49.2 Å². The van der Waals surface area contributed by atoms with Crippen molar-refractivity contribution in [1.29, 1.82) is 5.26 Å². The maximum Gasteiger partial charge on any atom is 0.150 e. The number of aliphatic hydroxyl groups is 2. The minimum atomic E-state index is -1.16. The number of rotatable bonds is 3. The summed E-state index contributed by atoms with van der Waals surface area (Å²) >= 11 is 0. The molecule has 0 amide bonds. The average Bonchev–Trinajstić information content (AvgIpc) is 3.25. The largest absolute Gasteiger partial charge is 0.487 e. The van der Waals surface area contributed by atoms with Crippen molar-refractivity contribution in [2.24, 2.45) is 0 Å². The summed E-state index contributed by atoms with van der Waals surface area (Å²) in [5.41, 5.74) is 3.70. The summed E-state index contributed by atoms with van der Waals surface area (Å²) in [7, 11) is 0. The predicted molar refractivity (Wildman–Crippen MR) is 111 cm³/mol. The maximum atomic E-state index is 14.6. The van der Waals surface area contributed by atoms with Gasteiger partial charge in [-0.3, -0.25) is 0 Å². The smallest absolute Gasteiger partial charge is 0.150 e. The number of ether oxygens (including phenoxy) is 1. The third-order valence-corrected chi connectivity index (χ3v) is 6.41. The molecule has 160 valence electrons. The molecule has 8 heteroatoms. The third-order valence-electron chi connectivity index (χ3n) is 6.41. The lowest BCUT2D eigenvalue weighted by molar-refractivity contribution is -0.0166. The van der Waals surface area contributed by atoms with E-state index in [1.54, 1.807) is 22.9 Å². The molecule has 1 aromatic carbocycles. The molecule has 1 aliphatic heterocycles. The number of fused-ring (bicyclic) bond motifs is 2. The summed E-state index contributed by atoms with van der Waals surface area (Å²) in [5.74, 6) is 0.129. The van der Waals surface area contributed by atoms with Crippen LogP contribution in [0.3, 0.4) is 0 Å². The van der Waals surface area contributed by atoms with Crippen molar-refractivity contribution in [2.75, 3.05) is 6.54 Å². The van der Waals surface area contributed by atoms with Gasteiger partial charge in [-0.15, -0.1) is 0 Å². The van der Waals surface area contributed by atoms with Gasteiger partial charge in [0.05, 0.1) is 23.1 Å². The Kier molecular flexibility index (Phi) is 4.89. The molecule has 3 aromatic rings. The maximum absolute atomic E-state index is 14.6. The van der Waals surface area contributed by atoms with Crippen LogP contribution in [-0.4, -0.2) is 44.6 Å². The lowest BCUT2D eigenvalue weighted by atomic mass is 9.97. The minimum Gasteiger partial charge on any atom is -0.487 e. The molecule has 0 unspecified atom stereocenters. The number of aryl methyl sites for hydroxylation is 1. The van der Waals surface area contributed by atoms with E-state index in [2.05, 4.69) is 16.4 Å². The fourth-order valence-corrected chi connectivity index (χ4v) is 4.79. The van der Waals surface area contributed by atoms with Crippen molar-refractivity contribution < 1.29 is 19.3 Å². The van der Waals surface area contributed by atoms with Crippen molar-refractivity contribution in [1.82, 2.24) is 14.9 Å². The van der Waals surface area contributed by atoms with Gasteiger partial charge in [0.1, 0.15) is 29.7 Å². The molecule has 7 nitrogen and oxygen atoms in total. The number of halogens is 1. The Morgan fingerprint density at radius 1 is 1.32 bits per heavy atom. The second-order valence-electron chi connectivity index (χ2n) is 8.30. The quantitative estimate of drug-likeness (QED) is 0.598. The molecule has 1 saturated carbocycles. The first-order valence-corrected chi connectivity index (χ1v) is 10.4. The highest BCUT2D eigenvalue weighted by molar-refractivity contribution is 5.80. The van der Waals surface area contributed by atoms with E-state index in [9.17, 15) is 19.9 Å². The number of aliphatic hydroxyl groups excluding tert-OH is 2. The Morgan fingerprint density at radius 2 is 2.16 bits per heavy atom. The topological polar surface area (TPSA) is 103 Å². The van der Waals surface area contributed by atoms with Crippen molar-refractivity contribution in [3.63, 3.8) is 0 Å². The summed E-state index contributed by atoms with van der Waals surface area (Å²) in [6, 6.07) is 6.85. The van der Waals surface area contributed by atoms with Gasteiger partial charge in [0.15, 0.2) is 5.82 Å². The summed E-state index contributed by atoms with van der Waals surface area (Å²) in [6.07, 6.45) is 0.996. The number of hydrogen-bond acceptors (Lipinski definition) is 6. The Bertz CT molecular complexity index is 1200. The molecule has 0 saturated heterocycles. The van der Waals surface area contributed by atoms with E-state index in [4.69, 9.17) is 4.74 Å². The van der Waals surface area contributed by atoms with E-state index in [-0.39, 0.29) is 6.42 Å². The lowest BCUT2D eigenvalue weighted by Crippen LogP contribution is -2.35. The summed E-state index contributed by atoms with van der Waals surface area (Å²) in [5, 5.41) is 34.6. The molecule has 3 N–H and O–H groups in total. The molecule has 0 spiro atoms. The average molecular weight is 422 g/mol. The van der Waals surface area contributed by atoms with Crippen LogP contribution in [0.25, 0.3) is 11.0 Å². The standard InChI is InChI=1S/C23H23FN4O3/c1-12-2-5-27-23-20(12)16(24)11-28(23)17-8-19(22(30)21(17)29)31-18-7-13(9-25)6-14-3-4-26-10-15(14)18/h2,5-7,11,17,19,21-22,26,29-30H,3-4,8,10H2,1H3/t17-,19+,21+,22-/m1/s1. The molecule has 31 heavy (non-hydrogen) atoms. The lowest BCUT2D eigenvalue weighted by Gasteiger charge is -2.24. The first kappa shape index (κ1) is 19.9. The van der Waals surface area contributed by atoms with Gasteiger partial charge in [0.2, 0.25) is 0 Å². The molecule has 3 heterocycles. The molecule has 1 fully saturated rings. The molecule has 4 atom stereocenters. The molecule has 0 radical (unpaired) electrons. The Balaban J connectivity index is 1.48. The van der Waals surface area contributed by atoms with E-state index in [0.29, 0.717) is 28.9 Å². The van der Waals surface area contributed by atoms with E-state index < -0.39 is 30.2 Å². The second kappa shape index (κ2) is 7.61. The summed E-state index contributed by atoms with van der Waals surface area (Å²) < 4.78 is 22.3. The Morgan fingerprint density at radius 3 is 2.97 bits per heavy atom. The second-order valence-corrected chi connectivity index (χ2v) is 8.30. The highest BCUT2D eigenvalue weighted by atomic mass is 19.1. The van der Waals surface area contributed by atoms with Gasteiger partial charge < -0.3 is 24.8 Å². The number of hydrogen-bond donors (Lipinski definition) is 3. The highest BCUT2D eigenvalue weighted by Gasteiger charge is 2.45. The van der Waals surface area contributed by atoms with E-state index in [1.165, 1.54) is 6.20 Å². The Labute approximate surface area is 178 Å². The fraction of sp³-hybridized carbons (Fsp3) is 0.391. The van der Waals surface area contributed by atoms with E-state index in [0.717, 1.165) is 29.7 Å². The van der Waals surface area contributed by atoms with Gasteiger partial charge in [0.25, 0.3) is 0 Å². The number of pyridine rings is 1. The van der Waals surface area contributed by atoms with Crippen molar-refractivity contribution in [2.45, 2.75) is 50.7 Å². The van der Waals surface area contributed by atoms with Gasteiger partial charge in [0, 0.05) is 30.9 Å². The number of nitrogens with one attached hydrogen (secondary N) is 1. The minimum absolute atomic E-state index is 0.278. The number of nitrogens with zero attached hydrogens (tertiary/aromatic N) is 3. The zero-order valence-corrected chi connectivity index (χ0v) is 17.0. The summed E-state index contributed by atoms with van der Waals surface area (Å²) in [4.78, 5) is 4.30. The van der Waals surface area contributed by atoms with Crippen LogP contribution in [0.2, 0.25) is 0 Å². The van der Waals surface area contributed by atoms with E-state index >= 15 is 0 Å². The van der Waals surface area contributed by atoms with Crippen molar-refractivity contribution in [3.8, 4) is 11.8 Å².